The van der Waals surface area contributed by atoms with Crippen LogP contribution < -0.4 is 11.5 Å². The summed E-state index contributed by atoms with van der Waals surface area (Å²) < 4.78 is 4.62. The zero-order valence-electron chi connectivity index (χ0n) is 6.33. The second-order valence-electron chi connectivity index (χ2n) is 2.14. The normalized spacial score (nSPS) is 16.0. The predicted octanol–water partition coefficient (Wildman–Crippen LogP) is -0.776. The lowest BCUT2D eigenvalue weighted by molar-refractivity contribution is -0.145. The summed E-state index contributed by atoms with van der Waals surface area (Å²) in [5.74, 6) is -0.433. The first-order chi connectivity index (χ1) is 4.59. The van der Waals surface area contributed by atoms with Crippen molar-refractivity contribution in [2.24, 2.45) is 11.5 Å². The Kier molecular flexibility index (Phi) is 3.99. The van der Waals surface area contributed by atoms with E-state index >= 15 is 0 Å². The van der Waals surface area contributed by atoms with Crippen LogP contribution in [0.25, 0.3) is 0 Å². The highest BCUT2D eigenvalue weighted by molar-refractivity contribution is 5.76. The van der Waals surface area contributed by atoms with Gasteiger partial charge in [0.05, 0.1) is 6.61 Å². The van der Waals surface area contributed by atoms with Crippen molar-refractivity contribution in [2.45, 2.75) is 25.9 Å². The van der Waals surface area contributed by atoms with Crippen LogP contribution in [0.15, 0.2) is 0 Å². The zero-order valence-corrected chi connectivity index (χ0v) is 6.33. The largest absolute Gasteiger partial charge is 0.465 e. The molecule has 0 aromatic carbocycles. The van der Waals surface area contributed by atoms with Gasteiger partial charge in [0.25, 0.3) is 0 Å². The van der Waals surface area contributed by atoms with Crippen molar-refractivity contribution in [3.8, 4) is 0 Å². The van der Waals surface area contributed by atoms with Crippen molar-refractivity contribution < 1.29 is 9.53 Å². The van der Waals surface area contributed by atoms with E-state index in [4.69, 9.17) is 11.5 Å². The van der Waals surface area contributed by atoms with Crippen molar-refractivity contribution in [1.29, 1.82) is 0 Å². The number of esters is 1. The van der Waals surface area contributed by atoms with E-state index < -0.39 is 12.0 Å². The molecule has 0 amide bonds. The van der Waals surface area contributed by atoms with Crippen LogP contribution in [0, 0.1) is 0 Å². The first kappa shape index (κ1) is 9.39. The van der Waals surface area contributed by atoms with E-state index in [0.29, 0.717) is 6.61 Å². The summed E-state index contributed by atoms with van der Waals surface area (Å²) >= 11 is 0. The Balaban J connectivity index is 3.71. The van der Waals surface area contributed by atoms with E-state index in [1.165, 1.54) is 0 Å². The van der Waals surface area contributed by atoms with Gasteiger partial charge in [0, 0.05) is 6.04 Å². The molecular weight excluding hydrogens is 132 g/mol. The Morgan fingerprint density at radius 3 is 2.40 bits per heavy atom. The highest BCUT2D eigenvalue weighted by Gasteiger charge is 2.17. The summed E-state index contributed by atoms with van der Waals surface area (Å²) in [4.78, 5) is 10.8. The van der Waals surface area contributed by atoms with Crippen LogP contribution in [0.5, 0.6) is 0 Å². The third-order valence-corrected chi connectivity index (χ3v) is 1.13. The van der Waals surface area contributed by atoms with E-state index in [1.54, 1.807) is 13.8 Å². The monoisotopic (exact) mass is 146 g/mol. The lowest BCUT2D eigenvalue weighted by Gasteiger charge is -2.12. The van der Waals surface area contributed by atoms with Crippen molar-refractivity contribution >= 4 is 5.97 Å². The van der Waals surface area contributed by atoms with Crippen molar-refractivity contribution in [3.63, 3.8) is 0 Å². The molecule has 0 saturated carbocycles. The summed E-state index contributed by atoms with van der Waals surface area (Å²) in [6.07, 6.45) is 0. The maximum atomic E-state index is 10.8. The van der Waals surface area contributed by atoms with E-state index in [0.717, 1.165) is 0 Å². The smallest absolute Gasteiger partial charge is 0.324 e. The van der Waals surface area contributed by atoms with Crippen LogP contribution in [-0.2, 0) is 9.53 Å². The molecule has 0 rings (SSSR count). The van der Waals surface area contributed by atoms with E-state index in [9.17, 15) is 4.79 Å². The summed E-state index contributed by atoms with van der Waals surface area (Å²) in [5.41, 5.74) is 10.7. The van der Waals surface area contributed by atoms with E-state index in [1.807, 2.05) is 0 Å². The van der Waals surface area contributed by atoms with Gasteiger partial charge in [0.2, 0.25) is 0 Å². The predicted molar refractivity (Wildman–Crippen MR) is 38.3 cm³/mol. The second kappa shape index (κ2) is 4.24. The Bertz CT molecular complexity index is 114. The molecule has 0 aliphatic rings. The van der Waals surface area contributed by atoms with Crippen molar-refractivity contribution in [1.82, 2.24) is 0 Å². The third kappa shape index (κ3) is 2.80. The highest BCUT2D eigenvalue weighted by atomic mass is 16.5. The molecule has 0 aromatic rings. The number of hydrogen-bond donors (Lipinski definition) is 2. The van der Waals surface area contributed by atoms with Gasteiger partial charge in [-0.2, -0.15) is 0 Å². The van der Waals surface area contributed by atoms with Gasteiger partial charge >= 0.3 is 5.97 Å². The zero-order chi connectivity index (χ0) is 8.15. The Labute approximate surface area is 60.5 Å². The van der Waals surface area contributed by atoms with Crippen LogP contribution in [0.2, 0.25) is 0 Å². The van der Waals surface area contributed by atoms with Gasteiger partial charge in [-0.05, 0) is 13.8 Å². The average molecular weight is 146 g/mol. The molecular formula is C6H14N2O2. The van der Waals surface area contributed by atoms with Gasteiger partial charge in [0.15, 0.2) is 0 Å². The molecule has 2 unspecified atom stereocenters. The summed E-state index contributed by atoms with van der Waals surface area (Å²) in [7, 11) is 0. The molecule has 0 heterocycles. The van der Waals surface area contributed by atoms with Crippen LogP contribution in [-0.4, -0.2) is 24.7 Å². The SMILES string of the molecule is CCOC(=O)C(N)C(C)N. The lowest BCUT2D eigenvalue weighted by atomic mass is 10.2. The van der Waals surface area contributed by atoms with Crippen LogP contribution in [0.1, 0.15) is 13.8 Å². The van der Waals surface area contributed by atoms with Crippen molar-refractivity contribution in [2.75, 3.05) is 6.61 Å². The fourth-order valence-electron chi connectivity index (χ4n) is 0.453. The maximum absolute atomic E-state index is 10.8. The second-order valence-corrected chi connectivity index (χ2v) is 2.14. The third-order valence-electron chi connectivity index (χ3n) is 1.13. The molecule has 0 bridgehead atoms. The molecule has 4 N–H and O–H groups in total. The number of hydrogen-bond acceptors (Lipinski definition) is 4. The van der Waals surface area contributed by atoms with Crippen LogP contribution >= 0.6 is 0 Å². The van der Waals surface area contributed by atoms with Gasteiger partial charge in [-0.25, -0.2) is 0 Å². The fourth-order valence-corrected chi connectivity index (χ4v) is 0.453. The first-order valence-corrected chi connectivity index (χ1v) is 3.27. The molecule has 0 radical (unpaired) electrons. The minimum absolute atomic E-state index is 0.346. The molecule has 2 atom stereocenters. The molecule has 0 aliphatic heterocycles. The topological polar surface area (TPSA) is 78.3 Å². The van der Waals surface area contributed by atoms with Gasteiger partial charge < -0.3 is 16.2 Å². The minimum atomic E-state index is -0.694. The fraction of sp³-hybridized carbons (Fsp3) is 0.833. The highest BCUT2D eigenvalue weighted by Crippen LogP contribution is 1.89. The molecule has 0 aliphatic carbocycles. The summed E-state index contributed by atoms with van der Waals surface area (Å²) in [5, 5.41) is 0. The molecule has 10 heavy (non-hydrogen) atoms. The van der Waals surface area contributed by atoms with Crippen LogP contribution in [0.3, 0.4) is 0 Å². The molecule has 4 heteroatoms. The quantitative estimate of drug-likeness (QED) is 0.512. The maximum Gasteiger partial charge on any atom is 0.324 e. The summed E-state index contributed by atoms with van der Waals surface area (Å²) in [6, 6.07) is -1.04. The van der Waals surface area contributed by atoms with Gasteiger partial charge in [0.1, 0.15) is 6.04 Å². The number of nitrogens with two attached hydrogens (primary N) is 2. The van der Waals surface area contributed by atoms with Gasteiger partial charge in [-0.1, -0.05) is 0 Å². The number of rotatable bonds is 3. The average Bonchev–Trinajstić information content (AvgIpc) is 1.87. The number of carbonyl (C=O) groups excluding carboxylic acids is 1. The van der Waals surface area contributed by atoms with Crippen molar-refractivity contribution in [3.05, 3.63) is 0 Å². The molecule has 0 fully saturated rings. The Hall–Kier alpha value is -0.610. The summed E-state index contributed by atoms with van der Waals surface area (Å²) in [6.45, 7) is 3.74. The standard InChI is InChI=1S/C6H14N2O2/c1-3-10-6(9)5(8)4(2)7/h4-5H,3,7-8H2,1-2H3. The van der Waals surface area contributed by atoms with Gasteiger partial charge in [-0.15, -0.1) is 0 Å². The van der Waals surface area contributed by atoms with Gasteiger partial charge in [-0.3, -0.25) is 4.79 Å². The molecule has 4 nitrogen and oxygen atoms in total. The lowest BCUT2D eigenvalue weighted by Crippen LogP contribution is -2.46. The number of ether oxygens (including phenoxy) is 1. The van der Waals surface area contributed by atoms with E-state index in [-0.39, 0.29) is 6.04 Å². The number of carbonyl (C=O) groups is 1. The van der Waals surface area contributed by atoms with E-state index in [2.05, 4.69) is 4.74 Å². The first-order valence-electron chi connectivity index (χ1n) is 3.27. The molecule has 0 aromatic heterocycles. The van der Waals surface area contributed by atoms with Crippen LogP contribution in [0.4, 0.5) is 0 Å². The Morgan fingerprint density at radius 1 is 1.60 bits per heavy atom. The molecule has 60 valence electrons. The minimum Gasteiger partial charge on any atom is -0.465 e. The Morgan fingerprint density at radius 2 is 2.10 bits per heavy atom. The molecule has 0 spiro atoms. The molecule has 0 saturated heterocycles.